The van der Waals surface area contributed by atoms with Crippen LogP contribution in [0.25, 0.3) is 6.08 Å². The number of allylic oxidation sites excluding steroid dienone is 1. The van der Waals surface area contributed by atoms with Gasteiger partial charge in [-0.05, 0) is 42.4 Å². The Hall–Kier alpha value is -1.85. The zero-order valence-corrected chi connectivity index (χ0v) is 12.6. The van der Waals surface area contributed by atoms with E-state index in [0.717, 1.165) is 37.2 Å². The van der Waals surface area contributed by atoms with Gasteiger partial charge in [0.25, 0.3) is 0 Å². The van der Waals surface area contributed by atoms with Crippen molar-refractivity contribution in [2.45, 2.75) is 25.4 Å². The van der Waals surface area contributed by atoms with Gasteiger partial charge in [-0.25, -0.2) is 4.79 Å². The summed E-state index contributed by atoms with van der Waals surface area (Å²) in [7, 11) is 0. The summed E-state index contributed by atoms with van der Waals surface area (Å²) in [6.45, 7) is 1.88. The van der Waals surface area contributed by atoms with Gasteiger partial charge >= 0.3 is 6.09 Å². The number of rotatable bonds is 6. The molecule has 1 aliphatic heterocycles. The lowest BCUT2D eigenvalue weighted by Crippen LogP contribution is -2.23. The Labute approximate surface area is 130 Å². The summed E-state index contributed by atoms with van der Waals surface area (Å²) in [5.74, 6) is 0.557. The van der Waals surface area contributed by atoms with Gasteiger partial charge in [0.2, 0.25) is 0 Å². The van der Waals surface area contributed by atoms with Crippen LogP contribution in [0, 0.1) is 5.92 Å². The molecule has 1 aromatic rings. The molecular weight excluding hydrogens is 282 g/mol. The summed E-state index contributed by atoms with van der Waals surface area (Å²) in [5.41, 5.74) is 1.86. The average molecular weight is 305 g/mol. The molecule has 5 heteroatoms. The third kappa shape index (κ3) is 5.50. The minimum absolute atomic E-state index is 0.235. The second kappa shape index (κ2) is 8.56. The van der Waals surface area contributed by atoms with Crippen molar-refractivity contribution in [1.82, 2.24) is 5.32 Å². The van der Waals surface area contributed by atoms with Crippen LogP contribution in [0.3, 0.4) is 0 Å². The highest BCUT2D eigenvalue weighted by molar-refractivity contribution is 5.64. The summed E-state index contributed by atoms with van der Waals surface area (Å²) in [4.78, 5) is 10.4. The number of benzene rings is 1. The SMILES string of the molecule is O=C(O)NCCC(O)c1cccc(C=CC2CCOCC2)c1. The Bertz CT molecular complexity index is 509. The molecular formula is C17H23NO4. The first-order valence-electron chi connectivity index (χ1n) is 7.66. The highest BCUT2D eigenvalue weighted by Gasteiger charge is 2.11. The molecule has 0 spiro atoms. The lowest BCUT2D eigenvalue weighted by molar-refractivity contribution is 0.0787. The highest BCUT2D eigenvalue weighted by Crippen LogP contribution is 2.20. The molecule has 1 unspecified atom stereocenters. The predicted molar refractivity (Wildman–Crippen MR) is 84.6 cm³/mol. The zero-order chi connectivity index (χ0) is 15.8. The van der Waals surface area contributed by atoms with Crippen molar-refractivity contribution in [1.29, 1.82) is 0 Å². The van der Waals surface area contributed by atoms with Gasteiger partial charge in [0.05, 0.1) is 6.10 Å². The van der Waals surface area contributed by atoms with Crippen LogP contribution in [-0.4, -0.2) is 36.1 Å². The van der Waals surface area contributed by atoms with Crippen LogP contribution in [0.1, 0.15) is 36.5 Å². The molecule has 120 valence electrons. The van der Waals surface area contributed by atoms with Gasteiger partial charge in [-0.1, -0.05) is 30.4 Å². The van der Waals surface area contributed by atoms with E-state index in [9.17, 15) is 9.90 Å². The van der Waals surface area contributed by atoms with Crippen LogP contribution in [0.5, 0.6) is 0 Å². The molecule has 1 atom stereocenters. The largest absolute Gasteiger partial charge is 0.465 e. The number of hydrogen-bond donors (Lipinski definition) is 3. The lowest BCUT2D eigenvalue weighted by Gasteiger charge is -2.18. The first-order valence-corrected chi connectivity index (χ1v) is 7.66. The van der Waals surface area contributed by atoms with Crippen LogP contribution >= 0.6 is 0 Å². The van der Waals surface area contributed by atoms with E-state index in [1.54, 1.807) is 0 Å². The maximum atomic E-state index is 10.4. The first kappa shape index (κ1) is 16.5. The van der Waals surface area contributed by atoms with E-state index < -0.39 is 12.2 Å². The van der Waals surface area contributed by atoms with Crippen LogP contribution in [0.2, 0.25) is 0 Å². The fraction of sp³-hybridized carbons (Fsp3) is 0.471. The van der Waals surface area contributed by atoms with E-state index in [2.05, 4.69) is 17.5 Å². The molecule has 22 heavy (non-hydrogen) atoms. The Morgan fingerprint density at radius 1 is 1.41 bits per heavy atom. The molecule has 2 rings (SSSR count). The molecule has 1 aliphatic rings. The second-order valence-corrected chi connectivity index (χ2v) is 5.52. The molecule has 3 N–H and O–H groups in total. The van der Waals surface area contributed by atoms with E-state index in [0.29, 0.717) is 12.3 Å². The van der Waals surface area contributed by atoms with Crippen molar-refractivity contribution < 1.29 is 19.7 Å². The van der Waals surface area contributed by atoms with E-state index >= 15 is 0 Å². The monoisotopic (exact) mass is 305 g/mol. The summed E-state index contributed by atoms with van der Waals surface area (Å²) < 4.78 is 5.34. The van der Waals surface area contributed by atoms with Crippen molar-refractivity contribution in [3.05, 3.63) is 41.5 Å². The number of nitrogens with one attached hydrogen (secondary N) is 1. The molecule has 1 fully saturated rings. The summed E-state index contributed by atoms with van der Waals surface area (Å²) in [6, 6.07) is 7.72. The normalized spacial score (nSPS) is 17.5. The van der Waals surface area contributed by atoms with E-state index in [1.807, 2.05) is 24.3 Å². The number of hydrogen-bond acceptors (Lipinski definition) is 3. The van der Waals surface area contributed by atoms with Gasteiger partial charge < -0.3 is 20.3 Å². The van der Waals surface area contributed by atoms with Crippen molar-refractivity contribution in [3.63, 3.8) is 0 Å². The molecule has 0 bridgehead atoms. The van der Waals surface area contributed by atoms with Crippen molar-refractivity contribution in [2.24, 2.45) is 5.92 Å². The van der Waals surface area contributed by atoms with Crippen LogP contribution in [0.4, 0.5) is 4.79 Å². The molecule has 1 amide bonds. The molecule has 0 aliphatic carbocycles. The maximum absolute atomic E-state index is 10.4. The average Bonchev–Trinajstić information content (AvgIpc) is 2.54. The molecule has 1 heterocycles. The summed E-state index contributed by atoms with van der Waals surface area (Å²) in [6.07, 6.45) is 5.03. The van der Waals surface area contributed by atoms with E-state index in [-0.39, 0.29) is 6.54 Å². The van der Waals surface area contributed by atoms with Gasteiger partial charge in [-0.3, -0.25) is 0 Å². The molecule has 1 aromatic carbocycles. The molecule has 5 nitrogen and oxygen atoms in total. The fourth-order valence-electron chi connectivity index (χ4n) is 2.51. The zero-order valence-electron chi connectivity index (χ0n) is 12.6. The lowest BCUT2D eigenvalue weighted by atomic mass is 9.98. The Morgan fingerprint density at radius 3 is 2.91 bits per heavy atom. The number of aliphatic hydroxyl groups is 1. The number of carbonyl (C=O) groups is 1. The van der Waals surface area contributed by atoms with Gasteiger partial charge in [0.1, 0.15) is 0 Å². The smallest absolute Gasteiger partial charge is 0.404 e. The number of aliphatic hydroxyl groups excluding tert-OH is 1. The highest BCUT2D eigenvalue weighted by atomic mass is 16.5. The molecule has 1 saturated heterocycles. The van der Waals surface area contributed by atoms with Gasteiger partial charge in [-0.2, -0.15) is 0 Å². The standard InChI is InChI=1S/C17H23NO4/c19-16(6-9-18-17(20)21)15-3-1-2-14(12-15)5-4-13-7-10-22-11-8-13/h1-5,12-13,16,18-19H,6-11H2,(H,20,21). The van der Waals surface area contributed by atoms with Gasteiger partial charge in [0.15, 0.2) is 0 Å². The third-order valence-corrected chi connectivity index (χ3v) is 3.82. The van der Waals surface area contributed by atoms with Crippen molar-refractivity contribution in [3.8, 4) is 0 Å². The minimum Gasteiger partial charge on any atom is -0.465 e. The molecule has 0 aromatic heterocycles. The summed E-state index contributed by atoms with van der Waals surface area (Å²) >= 11 is 0. The Kier molecular flexibility index (Phi) is 6.43. The maximum Gasteiger partial charge on any atom is 0.404 e. The number of amides is 1. The Balaban J connectivity index is 1.90. The summed E-state index contributed by atoms with van der Waals surface area (Å²) in [5, 5.41) is 20.9. The van der Waals surface area contributed by atoms with Crippen LogP contribution < -0.4 is 5.32 Å². The topological polar surface area (TPSA) is 78.8 Å². The second-order valence-electron chi connectivity index (χ2n) is 5.52. The van der Waals surface area contributed by atoms with Crippen molar-refractivity contribution >= 4 is 12.2 Å². The number of ether oxygens (including phenoxy) is 1. The first-order chi connectivity index (χ1) is 10.6. The van der Waals surface area contributed by atoms with Crippen LogP contribution in [0.15, 0.2) is 30.3 Å². The predicted octanol–water partition coefficient (Wildman–Crippen LogP) is 2.82. The number of carboxylic acid groups (broad SMARTS) is 1. The van der Waals surface area contributed by atoms with Crippen molar-refractivity contribution in [2.75, 3.05) is 19.8 Å². The van der Waals surface area contributed by atoms with Gasteiger partial charge in [-0.15, -0.1) is 0 Å². The van der Waals surface area contributed by atoms with E-state index in [4.69, 9.17) is 9.84 Å². The molecule has 0 saturated carbocycles. The van der Waals surface area contributed by atoms with Crippen LogP contribution in [-0.2, 0) is 4.74 Å². The third-order valence-electron chi connectivity index (χ3n) is 3.82. The van der Waals surface area contributed by atoms with E-state index in [1.165, 1.54) is 0 Å². The molecule has 0 radical (unpaired) electrons. The Morgan fingerprint density at radius 2 is 2.18 bits per heavy atom. The quantitative estimate of drug-likeness (QED) is 0.755. The van der Waals surface area contributed by atoms with Gasteiger partial charge in [0, 0.05) is 19.8 Å². The minimum atomic E-state index is -1.07. The fourth-order valence-corrected chi connectivity index (χ4v) is 2.51.